The van der Waals surface area contributed by atoms with Gasteiger partial charge in [0.25, 0.3) is 0 Å². The van der Waals surface area contributed by atoms with E-state index in [1.54, 1.807) is 0 Å². The van der Waals surface area contributed by atoms with Crippen LogP contribution in [-0.4, -0.2) is 30.1 Å². The maximum atomic E-state index is 11.7. The van der Waals surface area contributed by atoms with E-state index in [9.17, 15) is 4.79 Å². The molecule has 0 amide bonds. The number of likely N-dealkylation sites (tertiary alicyclic amines) is 1. The van der Waals surface area contributed by atoms with E-state index in [4.69, 9.17) is 4.74 Å². The molecule has 0 saturated carbocycles. The zero-order valence-electron chi connectivity index (χ0n) is 14.1. The molecule has 3 heteroatoms. The molecule has 3 nitrogen and oxygen atoms in total. The molecule has 1 aliphatic rings. The number of nitrogens with zero attached hydrogens (tertiary/aromatic N) is 1. The first-order valence-corrected chi connectivity index (χ1v) is 9.03. The summed E-state index contributed by atoms with van der Waals surface area (Å²) in [5.74, 6) is -0.00528. The second kappa shape index (κ2) is 12.0. The van der Waals surface area contributed by atoms with Crippen LogP contribution in [0.4, 0.5) is 0 Å². The monoisotopic (exact) mass is 296 g/mol. The van der Waals surface area contributed by atoms with Crippen LogP contribution in [0.15, 0.2) is 0 Å². The molecule has 0 aliphatic carbocycles. The van der Waals surface area contributed by atoms with Gasteiger partial charge in [0.1, 0.15) is 6.10 Å². The molecular weight excluding hydrogens is 262 g/mol. The van der Waals surface area contributed by atoms with E-state index in [2.05, 4.69) is 25.3 Å². The highest BCUT2D eigenvalue weighted by molar-refractivity contribution is 5.69. The first-order valence-electron chi connectivity index (χ1n) is 9.03. The van der Waals surface area contributed by atoms with E-state index in [1.165, 1.54) is 51.4 Å². The summed E-state index contributed by atoms with van der Waals surface area (Å²) in [4.78, 5) is 14.0. The minimum atomic E-state index is -0.00528. The third-order valence-corrected chi connectivity index (χ3v) is 4.25. The lowest BCUT2D eigenvalue weighted by Crippen LogP contribution is -2.23. The highest BCUT2D eigenvalue weighted by Gasteiger charge is 2.24. The molecule has 0 aromatic rings. The van der Waals surface area contributed by atoms with Crippen molar-refractivity contribution in [2.24, 2.45) is 0 Å². The minimum Gasteiger partial charge on any atom is -0.461 e. The molecule has 1 saturated heterocycles. The number of hydrogen-bond donors (Lipinski definition) is 0. The van der Waals surface area contributed by atoms with Crippen LogP contribution in [0, 0.1) is 6.54 Å². The fourth-order valence-electron chi connectivity index (χ4n) is 2.85. The van der Waals surface area contributed by atoms with Gasteiger partial charge in [0, 0.05) is 25.9 Å². The minimum absolute atomic E-state index is 0.00528. The molecule has 1 fully saturated rings. The van der Waals surface area contributed by atoms with E-state index >= 15 is 0 Å². The molecule has 0 N–H and O–H groups in total. The summed E-state index contributed by atoms with van der Waals surface area (Å²) < 4.78 is 5.50. The second-order valence-corrected chi connectivity index (χ2v) is 6.20. The summed E-state index contributed by atoms with van der Waals surface area (Å²) in [7, 11) is 0. The number of esters is 1. The van der Waals surface area contributed by atoms with Crippen molar-refractivity contribution in [1.29, 1.82) is 0 Å². The molecule has 1 atom stereocenters. The van der Waals surface area contributed by atoms with E-state index in [0.29, 0.717) is 6.42 Å². The van der Waals surface area contributed by atoms with Crippen molar-refractivity contribution in [1.82, 2.24) is 4.90 Å². The van der Waals surface area contributed by atoms with Crippen molar-refractivity contribution in [3.63, 3.8) is 0 Å². The third-order valence-electron chi connectivity index (χ3n) is 4.25. The molecular formula is C18H34NO2. The van der Waals surface area contributed by atoms with Gasteiger partial charge in [-0.2, -0.15) is 0 Å². The van der Waals surface area contributed by atoms with Gasteiger partial charge in [-0.3, -0.25) is 9.69 Å². The van der Waals surface area contributed by atoms with Crippen LogP contribution in [0.2, 0.25) is 0 Å². The Hall–Kier alpha value is -0.570. The Labute approximate surface area is 131 Å². The molecule has 0 aromatic heterocycles. The van der Waals surface area contributed by atoms with Crippen LogP contribution in [-0.2, 0) is 9.53 Å². The van der Waals surface area contributed by atoms with Gasteiger partial charge in [-0.05, 0) is 13.0 Å². The number of carbonyl (C=O) groups excluding carboxylic acids is 1. The summed E-state index contributed by atoms with van der Waals surface area (Å²) >= 11 is 0. The summed E-state index contributed by atoms with van der Waals surface area (Å²) in [6, 6.07) is 0. The average Bonchev–Trinajstić information content (AvgIpc) is 2.93. The molecule has 1 heterocycles. The van der Waals surface area contributed by atoms with Gasteiger partial charge in [0.15, 0.2) is 0 Å². The normalized spacial score (nSPS) is 19.0. The van der Waals surface area contributed by atoms with Crippen molar-refractivity contribution in [3.8, 4) is 0 Å². The maximum Gasteiger partial charge on any atom is 0.306 e. The molecule has 1 rings (SSSR count). The second-order valence-electron chi connectivity index (χ2n) is 6.20. The first-order chi connectivity index (χ1) is 10.3. The smallest absolute Gasteiger partial charge is 0.306 e. The van der Waals surface area contributed by atoms with Gasteiger partial charge < -0.3 is 4.74 Å². The number of carbonyl (C=O) groups is 1. The Bertz CT molecular complexity index is 268. The lowest BCUT2D eigenvalue weighted by atomic mass is 10.1. The molecule has 0 spiro atoms. The predicted octanol–water partition coefficient (Wildman–Crippen LogP) is 4.71. The summed E-state index contributed by atoms with van der Waals surface area (Å²) in [6.07, 6.45) is 13.1. The molecule has 0 aromatic carbocycles. The van der Waals surface area contributed by atoms with E-state index in [1.807, 2.05) is 0 Å². The predicted molar refractivity (Wildman–Crippen MR) is 87.9 cm³/mol. The number of ether oxygens (including phenoxy) is 1. The van der Waals surface area contributed by atoms with Crippen LogP contribution in [0.3, 0.4) is 0 Å². The largest absolute Gasteiger partial charge is 0.461 e. The van der Waals surface area contributed by atoms with Crippen LogP contribution < -0.4 is 0 Å². The van der Waals surface area contributed by atoms with Crippen LogP contribution >= 0.6 is 0 Å². The quantitative estimate of drug-likeness (QED) is 0.386. The first kappa shape index (κ1) is 18.5. The fourth-order valence-corrected chi connectivity index (χ4v) is 2.85. The van der Waals surface area contributed by atoms with Gasteiger partial charge in [-0.15, -0.1) is 0 Å². The summed E-state index contributed by atoms with van der Waals surface area (Å²) in [5.41, 5.74) is 0. The Morgan fingerprint density at radius 2 is 1.67 bits per heavy atom. The van der Waals surface area contributed by atoms with Crippen LogP contribution in [0.5, 0.6) is 0 Å². The maximum absolute atomic E-state index is 11.7. The van der Waals surface area contributed by atoms with Crippen molar-refractivity contribution in [2.75, 3.05) is 13.1 Å². The molecule has 1 aliphatic heterocycles. The zero-order valence-corrected chi connectivity index (χ0v) is 14.1. The van der Waals surface area contributed by atoms with E-state index < -0.39 is 0 Å². The molecule has 1 radical (unpaired) electrons. The van der Waals surface area contributed by atoms with Gasteiger partial charge in [-0.1, -0.05) is 65.2 Å². The van der Waals surface area contributed by atoms with Gasteiger partial charge in [0.2, 0.25) is 0 Å². The Balaban J connectivity index is 1.87. The number of likely N-dealkylation sites (N-methyl/N-ethyl adjacent to an activating group) is 1. The Morgan fingerprint density at radius 3 is 2.24 bits per heavy atom. The van der Waals surface area contributed by atoms with Crippen molar-refractivity contribution in [2.45, 2.75) is 90.6 Å². The fraction of sp³-hybridized carbons (Fsp3) is 0.889. The number of unbranched alkanes of at least 4 members (excludes halogenated alkanes) is 8. The van der Waals surface area contributed by atoms with E-state index in [0.717, 1.165) is 25.9 Å². The lowest BCUT2D eigenvalue weighted by Gasteiger charge is -2.13. The summed E-state index contributed by atoms with van der Waals surface area (Å²) in [6.45, 7) is 8.41. The summed E-state index contributed by atoms with van der Waals surface area (Å²) in [5, 5.41) is 0. The average molecular weight is 296 g/mol. The van der Waals surface area contributed by atoms with Gasteiger partial charge >= 0.3 is 5.97 Å². The lowest BCUT2D eigenvalue weighted by molar-refractivity contribution is -0.148. The number of rotatable bonds is 12. The van der Waals surface area contributed by atoms with Crippen molar-refractivity contribution in [3.05, 3.63) is 6.54 Å². The third kappa shape index (κ3) is 9.13. The van der Waals surface area contributed by atoms with Gasteiger partial charge in [0.05, 0.1) is 0 Å². The standard InChI is InChI=1S/C18H34NO2/c1-3-5-6-7-8-9-10-11-12-13-18(20)21-17-14-15-19(4-2)16-17/h15,17H,3-14,16H2,1-2H3. The highest BCUT2D eigenvalue weighted by atomic mass is 16.5. The number of hydrogen-bond acceptors (Lipinski definition) is 3. The molecule has 0 bridgehead atoms. The Morgan fingerprint density at radius 1 is 1.05 bits per heavy atom. The zero-order chi connectivity index (χ0) is 15.3. The molecule has 21 heavy (non-hydrogen) atoms. The molecule has 123 valence electrons. The van der Waals surface area contributed by atoms with E-state index in [-0.39, 0.29) is 12.1 Å². The topological polar surface area (TPSA) is 29.5 Å². The van der Waals surface area contributed by atoms with Crippen molar-refractivity contribution >= 4 is 5.97 Å². The van der Waals surface area contributed by atoms with Crippen molar-refractivity contribution < 1.29 is 9.53 Å². The Kier molecular flexibility index (Phi) is 10.6. The van der Waals surface area contributed by atoms with Gasteiger partial charge in [-0.25, -0.2) is 0 Å². The molecule has 1 unspecified atom stereocenters. The van der Waals surface area contributed by atoms with Crippen LogP contribution in [0.1, 0.15) is 84.5 Å². The van der Waals surface area contributed by atoms with Crippen LogP contribution in [0.25, 0.3) is 0 Å². The highest BCUT2D eigenvalue weighted by Crippen LogP contribution is 2.17. The SMILES string of the molecule is CCCCCCCCCCCC(=O)OC1C[CH]N(CC)C1.